The molecule has 27 heavy (non-hydrogen) atoms. The maximum absolute atomic E-state index is 8.49. The molecule has 1 saturated heterocycles. The van der Waals surface area contributed by atoms with Crippen LogP contribution in [0.25, 0.3) is 0 Å². The van der Waals surface area contributed by atoms with Crippen LogP contribution in [0.15, 0.2) is 59.5 Å². The average Bonchev–Trinajstić information content (AvgIpc) is 3.07. The van der Waals surface area contributed by atoms with Crippen LogP contribution in [0.4, 0.5) is 5.69 Å². The number of rotatable bonds is 5. The Morgan fingerprint density at radius 1 is 1.07 bits per heavy atom. The number of methoxy groups -OCH3 is 1. The molecule has 3 rings (SSSR count). The molecule has 0 bridgehead atoms. The van der Waals surface area contributed by atoms with Gasteiger partial charge in [0.25, 0.3) is 0 Å². The normalized spacial score (nSPS) is 17.8. The van der Waals surface area contributed by atoms with Gasteiger partial charge in [-0.15, -0.1) is 22.0 Å². The van der Waals surface area contributed by atoms with Crippen molar-refractivity contribution in [1.82, 2.24) is 0 Å². The molecule has 1 heterocycles. The number of thioether (sulfide) groups is 1. The van der Waals surface area contributed by atoms with E-state index in [1.54, 1.807) is 7.11 Å². The molecule has 2 aromatic carbocycles. The number of halogens is 1. The van der Waals surface area contributed by atoms with Gasteiger partial charge >= 0.3 is 5.90 Å². The lowest BCUT2D eigenvalue weighted by Gasteiger charge is -2.17. The van der Waals surface area contributed by atoms with Crippen molar-refractivity contribution in [3.63, 3.8) is 0 Å². The summed E-state index contributed by atoms with van der Waals surface area (Å²) in [6.45, 7) is 0. The molecule has 1 fully saturated rings. The topological polar surface area (TPSA) is 125 Å². The summed E-state index contributed by atoms with van der Waals surface area (Å²) in [5.41, 5.74) is 1.03. The maximum Gasteiger partial charge on any atom is 0.340 e. The van der Waals surface area contributed by atoms with Crippen LogP contribution >= 0.6 is 11.8 Å². The molecular weight excluding hydrogens is 394 g/mol. The summed E-state index contributed by atoms with van der Waals surface area (Å²) in [7, 11) is -3.27. The van der Waals surface area contributed by atoms with Crippen LogP contribution in [0.5, 0.6) is 5.75 Å². The van der Waals surface area contributed by atoms with Gasteiger partial charge in [0, 0.05) is 22.8 Å². The lowest BCUT2D eigenvalue weighted by Crippen LogP contribution is -2.68. The van der Waals surface area contributed by atoms with Gasteiger partial charge in [-0.2, -0.15) is 4.99 Å². The van der Waals surface area contributed by atoms with Gasteiger partial charge in [-0.05, 0) is 30.7 Å². The molecule has 1 atom stereocenters. The Hall–Kier alpha value is -1.81. The summed E-state index contributed by atoms with van der Waals surface area (Å²) < 4.78 is 45.1. The number of ether oxygens (including phenoxy) is 2. The first-order chi connectivity index (χ1) is 12.8. The Labute approximate surface area is 164 Å². The third kappa shape index (κ3) is 9.09. The van der Waals surface area contributed by atoms with Crippen LogP contribution in [-0.4, -0.2) is 24.9 Å². The first kappa shape index (κ1) is 21.5. The molecule has 0 amide bonds. The predicted octanol–water partition coefficient (Wildman–Crippen LogP) is -1.98. The summed E-state index contributed by atoms with van der Waals surface area (Å²) in [5, 5.41) is 0. The molecule has 9 heteroatoms. The van der Waals surface area contributed by atoms with Gasteiger partial charge in [-0.3, -0.25) is 0 Å². The second-order valence-corrected chi connectivity index (χ2v) is 7.41. The van der Waals surface area contributed by atoms with E-state index in [2.05, 4.69) is 29.3 Å². The lowest BCUT2D eigenvalue weighted by molar-refractivity contribution is -2.00. The molecule has 146 valence electrons. The van der Waals surface area contributed by atoms with E-state index in [-0.39, 0.29) is 6.10 Å². The SMILES string of the molecule is COc1ccc([NH+]=C2CCC(CSc3ccccc3)O2)cc1.[O-][Cl+3]([O-])([O-])[O-]. The highest BCUT2D eigenvalue weighted by Crippen LogP contribution is 2.23. The number of benzene rings is 2. The van der Waals surface area contributed by atoms with E-state index in [1.807, 2.05) is 42.1 Å². The molecule has 1 aliphatic heterocycles. The fourth-order valence-electron chi connectivity index (χ4n) is 2.36. The fraction of sp³-hybridized carbons (Fsp3) is 0.278. The summed E-state index contributed by atoms with van der Waals surface area (Å²) in [5.74, 6) is 2.81. The zero-order valence-corrected chi connectivity index (χ0v) is 16.2. The van der Waals surface area contributed by atoms with Gasteiger partial charge in [0.05, 0.1) is 13.5 Å². The second kappa shape index (κ2) is 10.5. The highest BCUT2D eigenvalue weighted by atomic mass is 35.7. The molecule has 2 aromatic rings. The molecule has 0 spiro atoms. The largest absolute Gasteiger partial charge is 0.497 e. The van der Waals surface area contributed by atoms with E-state index >= 15 is 0 Å². The highest BCUT2D eigenvalue weighted by Gasteiger charge is 2.26. The van der Waals surface area contributed by atoms with E-state index in [0.29, 0.717) is 0 Å². The summed E-state index contributed by atoms with van der Waals surface area (Å²) >= 11 is 1.85. The Bertz CT molecular complexity index is 715. The van der Waals surface area contributed by atoms with Crippen molar-refractivity contribution < 1.29 is 43.3 Å². The van der Waals surface area contributed by atoms with Crippen molar-refractivity contribution >= 4 is 23.3 Å². The molecule has 0 aliphatic carbocycles. The smallest absolute Gasteiger partial charge is 0.340 e. The zero-order chi connectivity index (χ0) is 19.7. The monoisotopic (exact) mass is 413 g/mol. The molecule has 0 saturated carbocycles. The van der Waals surface area contributed by atoms with E-state index in [1.165, 1.54) is 4.90 Å². The molecule has 0 radical (unpaired) electrons. The van der Waals surface area contributed by atoms with Crippen LogP contribution in [0.3, 0.4) is 0 Å². The van der Waals surface area contributed by atoms with E-state index in [0.717, 1.165) is 35.9 Å². The Kier molecular flexibility index (Phi) is 8.36. The maximum atomic E-state index is 8.49. The van der Waals surface area contributed by atoms with Crippen LogP contribution in [0.2, 0.25) is 0 Å². The number of nitrogens with one attached hydrogen (secondary N) is 1. The van der Waals surface area contributed by atoms with Crippen molar-refractivity contribution in [2.45, 2.75) is 23.8 Å². The van der Waals surface area contributed by atoms with Gasteiger partial charge in [0.2, 0.25) is 5.69 Å². The van der Waals surface area contributed by atoms with Gasteiger partial charge < -0.3 is 9.47 Å². The Morgan fingerprint density at radius 3 is 2.30 bits per heavy atom. The third-order valence-corrected chi connectivity index (χ3v) is 4.70. The third-order valence-electron chi connectivity index (χ3n) is 3.56. The molecule has 0 aromatic heterocycles. The highest BCUT2D eigenvalue weighted by molar-refractivity contribution is 7.99. The van der Waals surface area contributed by atoms with Crippen LogP contribution < -0.4 is 28.4 Å². The van der Waals surface area contributed by atoms with Crippen LogP contribution in [0.1, 0.15) is 12.8 Å². The molecule has 1 aliphatic rings. The average molecular weight is 414 g/mol. The predicted molar refractivity (Wildman–Crippen MR) is 89.9 cm³/mol. The van der Waals surface area contributed by atoms with E-state index in [9.17, 15) is 0 Å². The van der Waals surface area contributed by atoms with Crippen molar-refractivity contribution in [2.24, 2.45) is 0 Å². The van der Waals surface area contributed by atoms with Crippen LogP contribution in [-0.2, 0) is 4.74 Å². The van der Waals surface area contributed by atoms with Gasteiger partial charge in [-0.25, -0.2) is 18.6 Å². The molecule has 7 nitrogen and oxygen atoms in total. The molecular formula is C18H20ClNO6S. The minimum atomic E-state index is -4.94. The van der Waals surface area contributed by atoms with Crippen molar-refractivity contribution in [3.05, 3.63) is 54.6 Å². The van der Waals surface area contributed by atoms with Crippen LogP contribution in [0, 0.1) is 10.2 Å². The van der Waals surface area contributed by atoms with Gasteiger partial charge in [0.1, 0.15) is 11.9 Å². The number of hydrogen-bond donors (Lipinski definition) is 1. The standard InChI is InChI=1S/C18H19NO2S.ClHO4/c1-20-15-9-7-14(8-10-15)19-18-12-11-16(21-18)13-22-17-5-3-2-4-6-17;2-1(3,4)5/h2-10,16H,11-13H2,1H3;(H,2,3,4,5). The first-order valence-electron chi connectivity index (χ1n) is 8.06. The second-order valence-electron chi connectivity index (χ2n) is 5.56. The van der Waals surface area contributed by atoms with Crippen molar-refractivity contribution in [3.8, 4) is 5.75 Å². The van der Waals surface area contributed by atoms with E-state index in [4.69, 9.17) is 28.1 Å². The van der Waals surface area contributed by atoms with Gasteiger partial charge in [0.15, 0.2) is 0 Å². The number of hydrogen-bond acceptors (Lipinski definition) is 7. The van der Waals surface area contributed by atoms with E-state index < -0.39 is 10.2 Å². The summed E-state index contributed by atoms with van der Waals surface area (Å²) in [4.78, 5) is 4.64. The van der Waals surface area contributed by atoms with Crippen molar-refractivity contribution in [2.75, 3.05) is 12.9 Å². The molecule has 1 N–H and O–H groups in total. The summed E-state index contributed by atoms with van der Waals surface area (Å²) in [6.07, 6.45) is 2.32. The Balaban J connectivity index is 0.000000465. The Morgan fingerprint density at radius 2 is 1.70 bits per heavy atom. The minimum Gasteiger partial charge on any atom is -0.497 e. The fourth-order valence-corrected chi connectivity index (χ4v) is 3.32. The molecule has 1 unspecified atom stereocenters. The zero-order valence-electron chi connectivity index (χ0n) is 14.6. The quantitative estimate of drug-likeness (QED) is 0.563. The first-order valence-corrected chi connectivity index (χ1v) is 10.3. The van der Waals surface area contributed by atoms with Crippen molar-refractivity contribution in [1.29, 1.82) is 0 Å². The minimum absolute atomic E-state index is 0.283. The van der Waals surface area contributed by atoms with Gasteiger partial charge in [-0.1, -0.05) is 18.2 Å². The lowest BCUT2D eigenvalue weighted by atomic mass is 10.2. The summed E-state index contributed by atoms with van der Waals surface area (Å²) in [6, 6.07) is 18.4.